The Labute approximate surface area is 81.2 Å². The van der Waals surface area contributed by atoms with E-state index in [0.29, 0.717) is 13.2 Å². The van der Waals surface area contributed by atoms with E-state index in [9.17, 15) is 0 Å². The summed E-state index contributed by atoms with van der Waals surface area (Å²) < 4.78 is 10.7. The maximum Gasteiger partial charge on any atom is 0.156 e. The van der Waals surface area contributed by atoms with Gasteiger partial charge >= 0.3 is 0 Å². The van der Waals surface area contributed by atoms with Crippen LogP contribution in [0, 0.1) is 0 Å². The van der Waals surface area contributed by atoms with Crippen LogP contribution in [-0.2, 0) is 9.47 Å². The molecule has 13 heavy (non-hydrogen) atoms. The monoisotopic (exact) mass is 184 g/mol. The van der Waals surface area contributed by atoms with Gasteiger partial charge in [-0.15, -0.1) is 0 Å². The smallest absolute Gasteiger partial charge is 0.156 e. The highest BCUT2D eigenvalue weighted by molar-refractivity contribution is 5.15. The van der Waals surface area contributed by atoms with Crippen LogP contribution in [0.1, 0.15) is 33.6 Å². The summed E-state index contributed by atoms with van der Waals surface area (Å²) in [5.74, 6) is 1.77. The molecule has 0 amide bonds. The van der Waals surface area contributed by atoms with Gasteiger partial charge in [-0.1, -0.05) is 27.4 Å². The van der Waals surface area contributed by atoms with E-state index < -0.39 is 0 Å². The van der Waals surface area contributed by atoms with Crippen molar-refractivity contribution < 1.29 is 9.47 Å². The first-order chi connectivity index (χ1) is 6.38. The number of hydrogen-bond acceptors (Lipinski definition) is 2. The minimum absolute atomic E-state index is 0.647. The molecule has 0 aliphatic carbocycles. The molecular formula is C11H20O2. The molecular weight excluding hydrogens is 164 g/mol. The second-order valence-electron chi connectivity index (χ2n) is 2.44. The van der Waals surface area contributed by atoms with Crippen molar-refractivity contribution in [3.8, 4) is 0 Å². The molecule has 0 N–H and O–H groups in total. The molecule has 0 aromatic rings. The van der Waals surface area contributed by atoms with E-state index in [1.165, 1.54) is 0 Å². The number of rotatable bonds is 3. The summed E-state index contributed by atoms with van der Waals surface area (Å²) in [4.78, 5) is 0. The molecule has 76 valence electrons. The van der Waals surface area contributed by atoms with Crippen LogP contribution < -0.4 is 0 Å². The Kier molecular flexibility index (Phi) is 7.17. The zero-order valence-corrected chi connectivity index (χ0v) is 8.93. The molecule has 2 heteroatoms. The van der Waals surface area contributed by atoms with Crippen molar-refractivity contribution in [2.75, 3.05) is 13.2 Å². The van der Waals surface area contributed by atoms with Crippen molar-refractivity contribution in [3.63, 3.8) is 0 Å². The predicted octanol–water partition coefficient (Wildman–Crippen LogP) is 3.26. The van der Waals surface area contributed by atoms with Gasteiger partial charge in [0.05, 0.1) is 0 Å². The van der Waals surface area contributed by atoms with Crippen LogP contribution in [0.5, 0.6) is 0 Å². The summed E-state index contributed by atoms with van der Waals surface area (Å²) in [6.45, 7) is 11.1. The van der Waals surface area contributed by atoms with Gasteiger partial charge in [0.15, 0.2) is 5.76 Å². The number of ether oxygens (including phenoxy) is 2. The number of allylic oxidation sites excluding steroid dienone is 2. The van der Waals surface area contributed by atoms with Crippen molar-refractivity contribution >= 4 is 0 Å². The lowest BCUT2D eigenvalue weighted by molar-refractivity contribution is 0.0645. The van der Waals surface area contributed by atoms with Gasteiger partial charge in [0.2, 0.25) is 0 Å². The highest BCUT2D eigenvalue weighted by Gasteiger charge is 2.10. The van der Waals surface area contributed by atoms with E-state index in [4.69, 9.17) is 9.47 Å². The molecule has 2 nitrogen and oxygen atoms in total. The predicted molar refractivity (Wildman–Crippen MR) is 55.4 cm³/mol. The Morgan fingerprint density at radius 1 is 1.31 bits per heavy atom. The summed E-state index contributed by atoms with van der Waals surface area (Å²) in [7, 11) is 0. The number of hydrogen-bond donors (Lipinski definition) is 0. The quantitative estimate of drug-likeness (QED) is 0.670. The van der Waals surface area contributed by atoms with E-state index in [0.717, 1.165) is 24.4 Å². The van der Waals surface area contributed by atoms with Crippen LogP contribution >= 0.6 is 0 Å². The molecule has 0 fully saturated rings. The largest absolute Gasteiger partial charge is 0.491 e. The maximum atomic E-state index is 5.41. The van der Waals surface area contributed by atoms with E-state index in [2.05, 4.69) is 13.5 Å². The van der Waals surface area contributed by atoms with Gasteiger partial charge in [-0.2, -0.15) is 0 Å². The third-order valence-corrected chi connectivity index (χ3v) is 1.55. The molecule has 0 saturated heterocycles. The van der Waals surface area contributed by atoms with E-state index in [1.54, 1.807) is 6.08 Å². The summed E-state index contributed by atoms with van der Waals surface area (Å²) in [6.07, 6.45) is 3.74. The first-order valence-electron chi connectivity index (χ1n) is 4.99. The Balaban J connectivity index is 0.000000671. The molecule has 1 heterocycles. The molecule has 1 aliphatic rings. The van der Waals surface area contributed by atoms with E-state index in [1.807, 2.05) is 13.8 Å². The average molecular weight is 184 g/mol. The first-order valence-corrected chi connectivity index (χ1v) is 4.99. The second kappa shape index (κ2) is 7.71. The summed E-state index contributed by atoms with van der Waals surface area (Å²) in [5, 5.41) is 0. The lowest BCUT2D eigenvalue weighted by Crippen LogP contribution is -2.12. The van der Waals surface area contributed by atoms with Crippen molar-refractivity contribution in [2.24, 2.45) is 0 Å². The van der Waals surface area contributed by atoms with Crippen LogP contribution in [0.3, 0.4) is 0 Å². The van der Waals surface area contributed by atoms with Crippen molar-refractivity contribution in [3.05, 3.63) is 24.2 Å². The standard InChI is InChI=1S/C9H14O2.C2H6/c1-3-5-9-8(4-2)10-6-7-11-9;1-2/h4H,2-3,5-7H2,1H3;1-2H3. The average Bonchev–Trinajstić information content (AvgIpc) is 2.22. The molecule has 1 aliphatic heterocycles. The fourth-order valence-electron chi connectivity index (χ4n) is 1.06. The molecule has 0 bridgehead atoms. The molecule has 0 radical (unpaired) electrons. The van der Waals surface area contributed by atoms with Gasteiger partial charge < -0.3 is 9.47 Å². The Hall–Kier alpha value is -0.920. The Morgan fingerprint density at radius 2 is 1.92 bits per heavy atom. The lowest BCUT2D eigenvalue weighted by atomic mass is 10.2. The molecule has 0 aromatic carbocycles. The van der Waals surface area contributed by atoms with Crippen LogP contribution in [0.2, 0.25) is 0 Å². The summed E-state index contributed by atoms with van der Waals surface area (Å²) in [5.41, 5.74) is 0. The van der Waals surface area contributed by atoms with Crippen LogP contribution in [0.4, 0.5) is 0 Å². The van der Waals surface area contributed by atoms with Crippen molar-refractivity contribution in [2.45, 2.75) is 33.6 Å². The lowest BCUT2D eigenvalue weighted by Gasteiger charge is -2.19. The third kappa shape index (κ3) is 4.02. The molecule has 0 aromatic heterocycles. The fraction of sp³-hybridized carbons (Fsp3) is 0.636. The first kappa shape index (κ1) is 12.1. The minimum Gasteiger partial charge on any atom is -0.491 e. The summed E-state index contributed by atoms with van der Waals surface area (Å²) in [6, 6.07) is 0. The Bertz CT molecular complexity index is 171. The SMILES string of the molecule is C=CC1=C(CCC)OCCO1.CC. The van der Waals surface area contributed by atoms with Gasteiger partial charge in [0.1, 0.15) is 19.0 Å². The van der Waals surface area contributed by atoms with Crippen molar-refractivity contribution in [1.29, 1.82) is 0 Å². The zero-order chi connectivity index (χ0) is 10.1. The molecule has 0 unspecified atom stereocenters. The van der Waals surface area contributed by atoms with Gasteiger partial charge in [-0.3, -0.25) is 0 Å². The maximum absolute atomic E-state index is 5.41. The normalized spacial score (nSPS) is 15.0. The highest BCUT2D eigenvalue weighted by Crippen LogP contribution is 2.18. The van der Waals surface area contributed by atoms with Gasteiger partial charge in [0.25, 0.3) is 0 Å². The second-order valence-corrected chi connectivity index (χ2v) is 2.44. The van der Waals surface area contributed by atoms with Gasteiger partial charge in [-0.25, -0.2) is 0 Å². The van der Waals surface area contributed by atoms with Gasteiger partial charge in [-0.05, 0) is 12.5 Å². The third-order valence-electron chi connectivity index (χ3n) is 1.55. The fourth-order valence-corrected chi connectivity index (χ4v) is 1.06. The van der Waals surface area contributed by atoms with Crippen LogP contribution in [-0.4, -0.2) is 13.2 Å². The summed E-state index contributed by atoms with van der Waals surface area (Å²) >= 11 is 0. The topological polar surface area (TPSA) is 18.5 Å². The minimum atomic E-state index is 0.647. The Morgan fingerprint density at radius 3 is 2.46 bits per heavy atom. The van der Waals surface area contributed by atoms with E-state index in [-0.39, 0.29) is 0 Å². The highest BCUT2D eigenvalue weighted by atomic mass is 16.6. The van der Waals surface area contributed by atoms with Crippen LogP contribution in [0.15, 0.2) is 24.2 Å². The zero-order valence-electron chi connectivity index (χ0n) is 8.93. The van der Waals surface area contributed by atoms with Crippen molar-refractivity contribution in [1.82, 2.24) is 0 Å². The molecule has 0 saturated carbocycles. The van der Waals surface area contributed by atoms with E-state index >= 15 is 0 Å². The molecule has 1 rings (SSSR count). The molecule has 0 spiro atoms. The van der Waals surface area contributed by atoms with Gasteiger partial charge in [0, 0.05) is 6.42 Å². The molecule has 0 atom stereocenters. The van der Waals surface area contributed by atoms with Crippen LogP contribution in [0.25, 0.3) is 0 Å².